The summed E-state index contributed by atoms with van der Waals surface area (Å²) in [4.78, 5) is 29.4. The van der Waals surface area contributed by atoms with Crippen LogP contribution in [-0.2, 0) is 29.5 Å². The molecule has 0 saturated heterocycles. The second-order valence-electron chi connectivity index (χ2n) is 9.41. The van der Waals surface area contributed by atoms with Gasteiger partial charge in [0.25, 0.3) is 0 Å². The molecule has 0 saturated carbocycles. The molecule has 0 aliphatic heterocycles. The van der Waals surface area contributed by atoms with Crippen LogP contribution in [0.3, 0.4) is 0 Å². The van der Waals surface area contributed by atoms with Crippen LogP contribution in [0, 0.1) is 5.82 Å². The SMILES string of the molecule is CC(C)c1nc(-c2ccc(F)c(N(OC(=O)C(F)(F)F)S(=O)(=O)c3ccco3)c2)c(-c2ccnc(NCCS(C)(=O)=O)n2)s1. The molecule has 1 N–H and O–H groups in total. The normalized spacial score (nSPS) is 12.4. The van der Waals surface area contributed by atoms with Gasteiger partial charge in [0.15, 0.2) is 5.82 Å². The summed E-state index contributed by atoms with van der Waals surface area (Å²) < 4.78 is 108. The molecule has 0 aliphatic carbocycles. The second-order valence-corrected chi connectivity index (χ2v) is 14.4. The van der Waals surface area contributed by atoms with Gasteiger partial charge in [-0.2, -0.15) is 21.6 Å². The fourth-order valence-electron chi connectivity index (χ4n) is 3.52. The quantitative estimate of drug-likeness (QED) is 0.172. The minimum atomic E-state index is -5.63. The van der Waals surface area contributed by atoms with Gasteiger partial charge in [0, 0.05) is 30.5 Å². The van der Waals surface area contributed by atoms with Crippen molar-refractivity contribution in [1.29, 1.82) is 0 Å². The molecule has 0 spiro atoms. The van der Waals surface area contributed by atoms with E-state index in [0.29, 0.717) is 15.6 Å². The highest BCUT2D eigenvalue weighted by Crippen LogP contribution is 2.40. The number of thiazole rings is 1. The average molecular weight is 678 g/mol. The van der Waals surface area contributed by atoms with Crippen molar-refractivity contribution in [3.63, 3.8) is 0 Å². The lowest BCUT2D eigenvalue weighted by Crippen LogP contribution is -2.39. The van der Waals surface area contributed by atoms with Gasteiger partial charge in [-0.3, -0.25) is 0 Å². The molecule has 4 aromatic rings. The van der Waals surface area contributed by atoms with Crippen molar-refractivity contribution in [2.45, 2.75) is 31.0 Å². The number of hydrogen-bond acceptors (Lipinski definition) is 12. The Labute approximate surface area is 252 Å². The molecule has 236 valence electrons. The molecule has 0 fully saturated rings. The lowest BCUT2D eigenvalue weighted by molar-refractivity contribution is -0.199. The summed E-state index contributed by atoms with van der Waals surface area (Å²) in [6, 6.07) is 6.34. The summed E-state index contributed by atoms with van der Waals surface area (Å²) in [5.41, 5.74) is -0.575. The lowest BCUT2D eigenvalue weighted by atomic mass is 10.1. The maximum Gasteiger partial charge on any atom is 0.493 e. The Morgan fingerprint density at radius 2 is 1.86 bits per heavy atom. The van der Waals surface area contributed by atoms with Crippen molar-refractivity contribution in [3.05, 3.63) is 59.7 Å². The van der Waals surface area contributed by atoms with Gasteiger partial charge in [-0.25, -0.2) is 32.6 Å². The Balaban J connectivity index is 1.83. The number of benzene rings is 1. The van der Waals surface area contributed by atoms with Crippen molar-refractivity contribution >= 4 is 48.8 Å². The average Bonchev–Trinajstić information content (AvgIpc) is 3.63. The van der Waals surface area contributed by atoms with E-state index in [2.05, 4.69) is 25.1 Å². The molecule has 0 radical (unpaired) electrons. The third-order valence-corrected chi connectivity index (χ3v) is 9.34. The molecule has 44 heavy (non-hydrogen) atoms. The lowest BCUT2D eigenvalue weighted by Gasteiger charge is -2.22. The Hall–Kier alpha value is -4.10. The smallest absolute Gasteiger partial charge is 0.451 e. The number of aromatic nitrogens is 3. The van der Waals surface area contributed by atoms with E-state index in [1.165, 1.54) is 29.7 Å². The third kappa shape index (κ3) is 7.51. The monoisotopic (exact) mass is 677 g/mol. The Morgan fingerprint density at radius 3 is 2.48 bits per heavy atom. The molecular formula is C25H23F4N5O7S3. The fourth-order valence-corrected chi connectivity index (χ4v) is 6.21. The molecule has 0 atom stereocenters. The zero-order chi connectivity index (χ0) is 32.4. The van der Waals surface area contributed by atoms with Gasteiger partial charge in [0.05, 0.1) is 33.3 Å². The van der Waals surface area contributed by atoms with Crippen molar-refractivity contribution in [3.8, 4) is 21.8 Å². The van der Waals surface area contributed by atoms with Crippen LogP contribution in [0.5, 0.6) is 0 Å². The Morgan fingerprint density at radius 1 is 1.14 bits per heavy atom. The number of furan rings is 1. The van der Waals surface area contributed by atoms with Crippen molar-refractivity contribution in [2.24, 2.45) is 0 Å². The van der Waals surface area contributed by atoms with Crippen LogP contribution >= 0.6 is 11.3 Å². The summed E-state index contributed by atoms with van der Waals surface area (Å²) in [5.74, 6) is -4.49. The number of halogens is 4. The summed E-state index contributed by atoms with van der Waals surface area (Å²) in [7, 11) is -8.45. The molecule has 0 aliphatic rings. The fraction of sp³-hybridized carbons (Fsp3) is 0.280. The molecule has 0 amide bonds. The van der Waals surface area contributed by atoms with Gasteiger partial charge in [-0.05, 0) is 36.4 Å². The van der Waals surface area contributed by atoms with Gasteiger partial charge < -0.3 is 14.6 Å². The zero-order valence-electron chi connectivity index (χ0n) is 23.0. The number of nitrogens with zero attached hydrogens (tertiary/aromatic N) is 4. The number of sulfonamides is 1. The summed E-state index contributed by atoms with van der Waals surface area (Å²) in [5, 5.41) is 2.46. The first kappa shape index (κ1) is 32.8. The molecule has 4 rings (SSSR count). The third-order valence-electron chi connectivity index (χ3n) is 5.56. The van der Waals surface area contributed by atoms with Gasteiger partial charge in [-0.1, -0.05) is 18.3 Å². The molecule has 0 unspecified atom stereocenters. The minimum Gasteiger partial charge on any atom is -0.451 e. The molecule has 1 aromatic carbocycles. The van der Waals surface area contributed by atoms with Crippen LogP contribution in [-0.4, -0.2) is 62.5 Å². The number of anilines is 2. The van der Waals surface area contributed by atoms with E-state index in [0.717, 1.165) is 36.8 Å². The number of sulfone groups is 1. The van der Waals surface area contributed by atoms with Crippen LogP contribution in [0.1, 0.15) is 24.8 Å². The van der Waals surface area contributed by atoms with Crippen molar-refractivity contribution < 1.29 is 48.4 Å². The van der Waals surface area contributed by atoms with Crippen LogP contribution in [0.4, 0.5) is 29.2 Å². The van der Waals surface area contributed by atoms with Crippen LogP contribution in [0.25, 0.3) is 21.8 Å². The number of rotatable bonds is 11. The van der Waals surface area contributed by atoms with Crippen LogP contribution in [0.15, 0.2) is 58.4 Å². The molecule has 3 heterocycles. The first-order valence-electron chi connectivity index (χ1n) is 12.4. The highest BCUT2D eigenvalue weighted by molar-refractivity contribution is 7.92. The maximum atomic E-state index is 15.2. The predicted molar refractivity (Wildman–Crippen MR) is 151 cm³/mol. The van der Waals surface area contributed by atoms with Crippen molar-refractivity contribution in [1.82, 2.24) is 15.0 Å². The molecule has 3 aromatic heterocycles. The maximum absolute atomic E-state index is 15.2. The molecular weight excluding hydrogens is 654 g/mol. The minimum absolute atomic E-state index is 0.0209. The van der Waals surface area contributed by atoms with Gasteiger partial charge in [-0.15, -0.1) is 11.3 Å². The van der Waals surface area contributed by atoms with Crippen LogP contribution in [0.2, 0.25) is 0 Å². The summed E-state index contributed by atoms with van der Waals surface area (Å²) in [6.07, 6.45) is -2.25. The van der Waals surface area contributed by atoms with E-state index in [1.54, 1.807) is 0 Å². The van der Waals surface area contributed by atoms with Crippen molar-refractivity contribution in [2.75, 3.05) is 28.3 Å². The topological polar surface area (TPSA) is 162 Å². The van der Waals surface area contributed by atoms with E-state index in [-0.39, 0.29) is 35.4 Å². The molecule has 0 bridgehead atoms. The Kier molecular flexibility index (Phi) is 9.31. The van der Waals surface area contributed by atoms with Crippen LogP contribution < -0.4 is 9.79 Å². The van der Waals surface area contributed by atoms with E-state index < -0.39 is 53.1 Å². The summed E-state index contributed by atoms with van der Waals surface area (Å²) >= 11 is 1.19. The number of carbonyl (C=O) groups excluding carboxylic acids is 1. The zero-order valence-corrected chi connectivity index (χ0v) is 25.4. The van der Waals surface area contributed by atoms with E-state index in [9.17, 15) is 34.8 Å². The number of nitrogens with one attached hydrogen (secondary N) is 1. The first-order chi connectivity index (χ1) is 20.5. The van der Waals surface area contributed by atoms with Gasteiger partial charge in [0.2, 0.25) is 11.0 Å². The Bertz CT molecular complexity index is 1880. The van der Waals surface area contributed by atoms with E-state index in [4.69, 9.17) is 4.42 Å². The van der Waals surface area contributed by atoms with E-state index >= 15 is 4.39 Å². The number of hydrogen-bond donors (Lipinski definition) is 1. The summed E-state index contributed by atoms with van der Waals surface area (Å²) in [6.45, 7) is 3.71. The number of carbonyl (C=O) groups is 1. The molecule has 19 heteroatoms. The highest BCUT2D eigenvalue weighted by atomic mass is 32.2. The standard InChI is InChI=1S/C25H23F4N5O7S3/c1-14(2)22-33-20(21(42-22)17-8-9-30-24(32-17)31-10-12-43(3,36)37)15-6-7-16(26)18(13-15)34(41-23(35)25(27,28)29)44(38,39)19-5-4-11-40-19/h4-9,11,13-14H,10,12H2,1-3H3,(H,30,31,32). The van der Waals surface area contributed by atoms with Gasteiger partial charge in [0.1, 0.15) is 15.5 Å². The molecule has 12 nitrogen and oxygen atoms in total. The first-order valence-corrected chi connectivity index (χ1v) is 16.7. The predicted octanol–water partition coefficient (Wildman–Crippen LogP) is 4.79. The largest absolute Gasteiger partial charge is 0.493 e. The van der Waals surface area contributed by atoms with Gasteiger partial charge >= 0.3 is 22.2 Å². The number of alkyl halides is 3. The second kappa shape index (κ2) is 12.5. The highest BCUT2D eigenvalue weighted by Gasteiger charge is 2.46. The van der Waals surface area contributed by atoms with E-state index in [1.807, 2.05) is 13.8 Å².